The molecule has 0 saturated carbocycles. The van der Waals surface area contributed by atoms with Crippen LogP contribution >= 0.6 is 11.3 Å². The van der Waals surface area contributed by atoms with Gasteiger partial charge in [-0.25, -0.2) is 4.52 Å². The largest absolute Gasteiger partial charge is 0.378 e. The third kappa shape index (κ3) is 2.74. The van der Waals surface area contributed by atoms with E-state index in [9.17, 15) is 9.59 Å². The van der Waals surface area contributed by atoms with Crippen molar-refractivity contribution in [2.75, 3.05) is 26.3 Å². The molecule has 0 unspecified atom stereocenters. The Bertz CT molecular complexity index is 923. The van der Waals surface area contributed by atoms with E-state index in [0.717, 1.165) is 10.6 Å². The molecular formula is C16H16N4O3S. The van der Waals surface area contributed by atoms with Gasteiger partial charge in [0.25, 0.3) is 5.56 Å². The van der Waals surface area contributed by atoms with Crippen molar-refractivity contribution in [1.82, 2.24) is 19.1 Å². The van der Waals surface area contributed by atoms with Crippen molar-refractivity contribution in [3.63, 3.8) is 0 Å². The first kappa shape index (κ1) is 15.1. The van der Waals surface area contributed by atoms with E-state index in [0.29, 0.717) is 31.8 Å². The molecule has 0 spiro atoms. The summed E-state index contributed by atoms with van der Waals surface area (Å²) < 4.78 is 8.25. The zero-order valence-corrected chi connectivity index (χ0v) is 13.7. The van der Waals surface area contributed by atoms with E-state index in [4.69, 9.17) is 4.74 Å². The molecule has 124 valence electrons. The normalized spacial score (nSPS) is 15.1. The van der Waals surface area contributed by atoms with E-state index in [2.05, 4.69) is 5.10 Å². The number of morpholine rings is 1. The first-order valence-electron chi connectivity index (χ1n) is 7.70. The monoisotopic (exact) mass is 344 g/mol. The number of ether oxygens (including phenoxy) is 1. The molecule has 3 aromatic heterocycles. The second kappa shape index (κ2) is 6.21. The van der Waals surface area contributed by atoms with Crippen LogP contribution in [0, 0.1) is 0 Å². The van der Waals surface area contributed by atoms with Crippen LogP contribution in [-0.2, 0) is 16.1 Å². The molecule has 7 nitrogen and oxygen atoms in total. The molecule has 1 saturated heterocycles. The van der Waals surface area contributed by atoms with Crippen LogP contribution in [0.3, 0.4) is 0 Å². The van der Waals surface area contributed by atoms with Gasteiger partial charge in [-0.3, -0.25) is 9.59 Å². The van der Waals surface area contributed by atoms with Crippen LogP contribution in [-0.4, -0.2) is 51.3 Å². The summed E-state index contributed by atoms with van der Waals surface area (Å²) in [5, 5.41) is 6.40. The number of carbonyl (C=O) groups excluding carboxylic acids is 1. The number of hydrogen-bond acceptors (Lipinski definition) is 5. The molecule has 8 heteroatoms. The Morgan fingerprint density at radius 1 is 1.29 bits per heavy atom. The van der Waals surface area contributed by atoms with Gasteiger partial charge >= 0.3 is 0 Å². The summed E-state index contributed by atoms with van der Waals surface area (Å²) in [5.41, 5.74) is 1.02. The lowest BCUT2D eigenvalue weighted by molar-refractivity contribution is -0.135. The molecule has 1 aliphatic rings. The van der Waals surface area contributed by atoms with E-state index in [-0.39, 0.29) is 18.0 Å². The molecule has 24 heavy (non-hydrogen) atoms. The minimum Gasteiger partial charge on any atom is -0.378 e. The fraction of sp³-hybridized carbons (Fsp3) is 0.312. The lowest BCUT2D eigenvalue weighted by atomic mass is 10.3. The fourth-order valence-electron chi connectivity index (χ4n) is 2.75. The summed E-state index contributed by atoms with van der Waals surface area (Å²) in [6.45, 7) is 2.28. The highest BCUT2D eigenvalue weighted by Gasteiger charge is 2.18. The Kier molecular flexibility index (Phi) is 3.91. The lowest BCUT2D eigenvalue weighted by Crippen LogP contribution is -2.43. The summed E-state index contributed by atoms with van der Waals surface area (Å²) in [4.78, 5) is 27.7. The Morgan fingerprint density at radius 2 is 2.12 bits per heavy atom. The summed E-state index contributed by atoms with van der Waals surface area (Å²) in [6, 6.07) is 5.68. The molecule has 1 amide bonds. The smallest absolute Gasteiger partial charge is 0.277 e. The number of thiophene rings is 1. The highest BCUT2D eigenvalue weighted by atomic mass is 32.1. The van der Waals surface area contributed by atoms with Gasteiger partial charge in [-0.2, -0.15) is 5.10 Å². The third-order valence-corrected chi connectivity index (χ3v) is 4.94. The number of rotatable bonds is 3. The predicted molar refractivity (Wildman–Crippen MR) is 90.2 cm³/mol. The average Bonchev–Trinajstić information content (AvgIpc) is 3.27. The molecule has 0 aliphatic carbocycles. The van der Waals surface area contributed by atoms with Gasteiger partial charge in [-0.15, -0.1) is 11.3 Å². The maximum atomic E-state index is 12.6. The molecule has 0 bridgehead atoms. The number of aromatic nitrogens is 3. The minimum absolute atomic E-state index is 0.0366. The Hall–Kier alpha value is -2.45. The molecule has 1 aliphatic heterocycles. The number of nitrogens with zero attached hydrogens (tertiary/aromatic N) is 4. The van der Waals surface area contributed by atoms with E-state index in [1.165, 1.54) is 4.57 Å². The van der Waals surface area contributed by atoms with Crippen LogP contribution in [0.1, 0.15) is 0 Å². The predicted octanol–water partition coefficient (Wildman–Crippen LogP) is 1.08. The van der Waals surface area contributed by atoms with Crippen molar-refractivity contribution >= 4 is 22.8 Å². The number of fused-ring (bicyclic) bond motifs is 1. The highest BCUT2D eigenvalue weighted by Crippen LogP contribution is 2.23. The van der Waals surface area contributed by atoms with Crippen molar-refractivity contribution < 1.29 is 9.53 Å². The first-order chi connectivity index (χ1) is 11.7. The van der Waals surface area contributed by atoms with Crippen molar-refractivity contribution in [3.8, 4) is 10.6 Å². The van der Waals surface area contributed by atoms with Gasteiger partial charge in [-0.05, 0) is 17.5 Å². The highest BCUT2D eigenvalue weighted by molar-refractivity contribution is 7.13. The van der Waals surface area contributed by atoms with Crippen LogP contribution in [0.4, 0.5) is 0 Å². The quantitative estimate of drug-likeness (QED) is 0.713. The van der Waals surface area contributed by atoms with Gasteiger partial charge in [0.15, 0.2) is 0 Å². The summed E-state index contributed by atoms with van der Waals surface area (Å²) in [6.07, 6.45) is 3.32. The number of amides is 1. The Morgan fingerprint density at radius 3 is 2.88 bits per heavy atom. The third-order valence-electron chi connectivity index (χ3n) is 4.05. The summed E-state index contributed by atoms with van der Waals surface area (Å²) in [7, 11) is 0. The SMILES string of the molecule is O=C(Cn1ccn2nc(-c3cccs3)cc2c1=O)N1CCOCC1. The van der Waals surface area contributed by atoms with Crippen LogP contribution in [0.15, 0.2) is 40.8 Å². The molecule has 0 aromatic carbocycles. The van der Waals surface area contributed by atoms with Gasteiger partial charge < -0.3 is 14.2 Å². The van der Waals surface area contributed by atoms with Gasteiger partial charge in [0.2, 0.25) is 5.91 Å². The zero-order chi connectivity index (χ0) is 16.5. The molecule has 0 atom stereocenters. The van der Waals surface area contributed by atoms with Crippen LogP contribution < -0.4 is 5.56 Å². The molecule has 1 fully saturated rings. The molecular weight excluding hydrogens is 328 g/mol. The zero-order valence-electron chi connectivity index (χ0n) is 12.9. The average molecular weight is 344 g/mol. The Labute approximate surface area is 141 Å². The van der Waals surface area contributed by atoms with Gasteiger partial charge in [0.1, 0.15) is 17.8 Å². The van der Waals surface area contributed by atoms with Gasteiger partial charge in [0.05, 0.1) is 18.1 Å². The van der Waals surface area contributed by atoms with Gasteiger partial charge in [0, 0.05) is 25.5 Å². The number of hydrogen-bond donors (Lipinski definition) is 0. The second-order valence-corrected chi connectivity index (χ2v) is 6.51. The maximum absolute atomic E-state index is 12.6. The molecule has 3 aromatic rings. The van der Waals surface area contributed by atoms with E-state index in [1.54, 1.807) is 39.2 Å². The van der Waals surface area contributed by atoms with Crippen LogP contribution in [0.2, 0.25) is 0 Å². The lowest BCUT2D eigenvalue weighted by Gasteiger charge is -2.27. The van der Waals surface area contributed by atoms with Crippen molar-refractivity contribution in [1.29, 1.82) is 0 Å². The van der Waals surface area contributed by atoms with Crippen LogP contribution in [0.25, 0.3) is 16.1 Å². The van der Waals surface area contributed by atoms with Gasteiger partial charge in [-0.1, -0.05) is 6.07 Å². The second-order valence-electron chi connectivity index (χ2n) is 5.56. The van der Waals surface area contributed by atoms with Crippen molar-refractivity contribution in [2.45, 2.75) is 6.54 Å². The standard InChI is InChI=1S/C16H16N4O3S/c21-15(18-5-7-23-8-6-18)11-19-3-4-20-13(16(19)22)10-12(17-20)14-2-1-9-24-14/h1-4,9-10H,5-8,11H2. The molecule has 0 radical (unpaired) electrons. The van der Waals surface area contributed by atoms with E-state index in [1.807, 2.05) is 17.5 Å². The maximum Gasteiger partial charge on any atom is 0.277 e. The molecule has 4 heterocycles. The van der Waals surface area contributed by atoms with E-state index >= 15 is 0 Å². The summed E-state index contributed by atoms with van der Waals surface area (Å²) >= 11 is 1.57. The van der Waals surface area contributed by atoms with Crippen molar-refractivity contribution in [3.05, 3.63) is 46.3 Å². The molecule has 0 N–H and O–H groups in total. The van der Waals surface area contributed by atoms with E-state index < -0.39 is 0 Å². The topological polar surface area (TPSA) is 68.8 Å². The first-order valence-corrected chi connectivity index (χ1v) is 8.58. The Balaban J connectivity index is 1.63. The summed E-state index contributed by atoms with van der Waals surface area (Å²) in [5.74, 6) is -0.0669. The molecule has 4 rings (SSSR count). The minimum atomic E-state index is -0.214. The number of carbonyl (C=O) groups is 1. The van der Waals surface area contributed by atoms with Crippen molar-refractivity contribution in [2.24, 2.45) is 0 Å². The fourth-order valence-corrected chi connectivity index (χ4v) is 3.44. The van der Waals surface area contributed by atoms with Crippen LogP contribution in [0.5, 0.6) is 0 Å².